The molecule has 0 bridgehead atoms. The number of anilines is 1. The van der Waals surface area contributed by atoms with E-state index in [1.807, 2.05) is 20.8 Å². The van der Waals surface area contributed by atoms with Gasteiger partial charge in [-0.15, -0.1) is 10.2 Å². The van der Waals surface area contributed by atoms with Crippen LogP contribution in [0.2, 0.25) is 0 Å². The minimum absolute atomic E-state index is 0.194. The Morgan fingerprint density at radius 1 is 1.38 bits per heavy atom. The lowest BCUT2D eigenvalue weighted by atomic mass is 10.1. The van der Waals surface area contributed by atoms with Gasteiger partial charge in [0.1, 0.15) is 11.6 Å². The van der Waals surface area contributed by atoms with Gasteiger partial charge in [0.05, 0.1) is 5.54 Å². The predicted molar refractivity (Wildman–Crippen MR) is 94.4 cm³/mol. The Balaban J connectivity index is 1.58. The number of amides is 1. The minimum Gasteiger partial charge on any atom is -0.425 e. The van der Waals surface area contributed by atoms with E-state index in [0.29, 0.717) is 29.7 Å². The Labute approximate surface area is 152 Å². The van der Waals surface area contributed by atoms with E-state index in [1.54, 1.807) is 10.9 Å². The molecule has 0 spiro atoms. The van der Waals surface area contributed by atoms with Crippen LogP contribution in [0.4, 0.5) is 5.82 Å². The van der Waals surface area contributed by atoms with Gasteiger partial charge in [-0.05, 0) is 33.6 Å². The number of nitrogens with one attached hydrogen (secondary N) is 1. The second kappa shape index (κ2) is 7.28. The third-order valence-electron chi connectivity index (χ3n) is 4.53. The summed E-state index contributed by atoms with van der Waals surface area (Å²) in [6.45, 7) is 5.93. The van der Waals surface area contributed by atoms with Gasteiger partial charge in [-0.3, -0.25) is 9.48 Å². The molecule has 138 valence electrons. The molecule has 1 amide bonds. The van der Waals surface area contributed by atoms with Crippen LogP contribution in [-0.4, -0.2) is 25.9 Å². The molecule has 26 heavy (non-hydrogen) atoms. The van der Waals surface area contributed by atoms with Gasteiger partial charge in [-0.1, -0.05) is 12.8 Å². The standard InChI is InChI=1S/C18H24N6O2/c1-18(2,3)24-11-13(10-19)16(23-24)20-14(25)8-9-15-21-22-17(26-15)12-6-4-5-7-12/h11-12H,4-9H2,1-3H3,(H,20,23,25). The number of hydrogen-bond donors (Lipinski definition) is 1. The average Bonchev–Trinajstić information content (AvgIpc) is 3.31. The summed E-state index contributed by atoms with van der Waals surface area (Å²) in [4.78, 5) is 12.2. The monoisotopic (exact) mass is 356 g/mol. The molecular formula is C18H24N6O2. The number of hydrogen-bond acceptors (Lipinski definition) is 6. The molecule has 3 rings (SSSR count). The zero-order chi connectivity index (χ0) is 18.7. The first kappa shape index (κ1) is 18.1. The molecule has 2 heterocycles. The zero-order valence-electron chi connectivity index (χ0n) is 15.4. The summed E-state index contributed by atoms with van der Waals surface area (Å²) >= 11 is 0. The maximum Gasteiger partial charge on any atom is 0.226 e. The molecule has 1 saturated carbocycles. The smallest absolute Gasteiger partial charge is 0.226 e. The molecule has 1 aliphatic rings. The summed E-state index contributed by atoms with van der Waals surface area (Å²) in [5, 5.41) is 24.4. The minimum atomic E-state index is -0.269. The molecule has 0 aliphatic heterocycles. The first-order valence-electron chi connectivity index (χ1n) is 8.99. The molecule has 8 heteroatoms. The highest BCUT2D eigenvalue weighted by atomic mass is 16.4. The van der Waals surface area contributed by atoms with E-state index in [1.165, 1.54) is 12.8 Å². The van der Waals surface area contributed by atoms with Crippen molar-refractivity contribution < 1.29 is 9.21 Å². The van der Waals surface area contributed by atoms with Crippen LogP contribution in [0.25, 0.3) is 0 Å². The van der Waals surface area contributed by atoms with E-state index in [-0.39, 0.29) is 23.7 Å². The van der Waals surface area contributed by atoms with Crippen LogP contribution >= 0.6 is 0 Å². The quantitative estimate of drug-likeness (QED) is 0.881. The topological polar surface area (TPSA) is 110 Å². The SMILES string of the molecule is CC(C)(C)n1cc(C#N)c(NC(=O)CCc2nnc(C3CCCC3)o2)n1. The summed E-state index contributed by atoms with van der Waals surface area (Å²) in [6, 6.07) is 2.06. The van der Waals surface area contributed by atoms with Crippen LogP contribution in [0.3, 0.4) is 0 Å². The van der Waals surface area contributed by atoms with E-state index in [0.717, 1.165) is 12.8 Å². The molecule has 0 radical (unpaired) electrons. The Hall–Kier alpha value is -2.69. The van der Waals surface area contributed by atoms with Gasteiger partial charge in [0.25, 0.3) is 0 Å². The largest absolute Gasteiger partial charge is 0.425 e. The van der Waals surface area contributed by atoms with Crippen molar-refractivity contribution in [2.24, 2.45) is 0 Å². The highest BCUT2D eigenvalue weighted by Crippen LogP contribution is 2.33. The fourth-order valence-electron chi connectivity index (χ4n) is 3.01. The maximum atomic E-state index is 12.2. The molecule has 1 fully saturated rings. The number of aryl methyl sites for hydroxylation is 1. The normalized spacial score (nSPS) is 15.2. The van der Waals surface area contributed by atoms with E-state index in [4.69, 9.17) is 4.42 Å². The third kappa shape index (κ3) is 4.10. The van der Waals surface area contributed by atoms with Crippen molar-refractivity contribution in [2.75, 3.05) is 5.32 Å². The van der Waals surface area contributed by atoms with Gasteiger partial charge in [0.2, 0.25) is 17.7 Å². The molecular weight excluding hydrogens is 332 g/mol. The van der Waals surface area contributed by atoms with Crippen molar-refractivity contribution in [3.05, 3.63) is 23.5 Å². The lowest BCUT2D eigenvalue weighted by molar-refractivity contribution is -0.116. The third-order valence-corrected chi connectivity index (χ3v) is 4.53. The Morgan fingerprint density at radius 2 is 2.12 bits per heavy atom. The second-order valence-electron chi connectivity index (χ2n) is 7.68. The highest BCUT2D eigenvalue weighted by molar-refractivity contribution is 5.90. The summed E-state index contributed by atoms with van der Waals surface area (Å²) in [7, 11) is 0. The summed E-state index contributed by atoms with van der Waals surface area (Å²) in [6.07, 6.45) is 6.79. The molecule has 0 atom stereocenters. The number of aromatic nitrogens is 4. The molecule has 8 nitrogen and oxygen atoms in total. The van der Waals surface area contributed by atoms with Crippen molar-refractivity contribution in [1.29, 1.82) is 5.26 Å². The fraction of sp³-hybridized carbons (Fsp3) is 0.611. The van der Waals surface area contributed by atoms with Crippen LogP contribution < -0.4 is 5.32 Å². The predicted octanol–water partition coefficient (Wildman–Crippen LogP) is 3.12. The lowest BCUT2D eigenvalue weighted by Gasteiger charge is -2.18. The molecule has 0 saturated heterocycles. The number of rotatable bonds is 5. The van der Waals surface area contributed by atoms with Crippen LogP contribution in [0.5, 0.6) is 0 Å². The first-order chi connectivity index (χ1) is 12.4. The van der Waals surface area contributed by atoms with E-state index >= 15 is 0 Å². The number of nitriles is 1. The maximum absolute atomic E-state index is 12.2. The lowest BCUT2D eigenvalue weighted by Crippen LogP contribution is -2.22. The van der Waals surface area contributed by atoms with Crippen molar-refractivity contribution in [1.82, 2.24) is 20.0 Å². The highest BCUT2D eigenvalue weighted by Gasteiger charge is 2.23. The molecule has 2 aromatic rings. The zero-order valence-corrected chi connectivity index (χ0v) is 15.4. The fourth-order valence-corrected chi connectivity index (χ4v) is 3.01. The van der Waals surface area contributed by atoms with Crippen molar-refractivity contribution in [3.63, 3.8) is 0 Å². The Kier molecular flexibility index (Phi) is 5.07. The van der Waals surface area contributed by atoms with Gasteiger partial charge in [-0.25, -0.2) is 0 Å². The van der Waals surface area contributed by atoms with Gasteiger partial charge >= 0.3 is 0 Å². The summed E-state index contributed by atoms with van der Waals surface area (Å²) in [5.74, 6) is 1.58. The average molecular weight is 356 g/mol. The molecule has 2 aromatic heterocycles. The number of carbonyl (C=O) groups is 1. The number of nitrogens with zero attached hydrogens (tertiary/aromatic N) is 5. The first-order valence-corrected chi connectivity index (χ1v) is 8.99. The molecule has 0 unspecified atom stereocenters. The van der Waals surface area contributed by atoms with E-state index in [2.05, 4.69) is 26.7 Å². The van der Waals surface area contributed by atoms with E-state index < -0.39 is 0 Å². The summed E-state index contributed by atoms with van der Waals surface area (Å²) < 4.78 is 7.36. The summed E-state index contributed by atoms with van der Waals surface area (Å²) in [5.41, 5.74) is 0.0733. The molecule has 1 N–H and O–H groups in total. The number of carbonyl (C=O) groups excluding carboxylic acids is 1. The van der Waals surface area contributed by atoms with E-state index in [9.17, 15) is 10.1 Å². The van der Waals surface area contributed by atoms with Crippen LogP contribution in [-0.2, 0) is 16.8 Å². The van der Waals surface area contributed by atoms with Crippen LogP contribution in [0, 0.1) is 11.3 Å². The second-order valence-corrected chi connectivity index (χ2v) is 7.68. The Morgan fingerprint density at radius 3 is 2.77 bits per heavy atom. The van der Waals surface area contributed by atoms with Crippen molar-refractivity contribution in [2.45, 2.75) is 70.8 Å². The van der Waals surface area contributed by atoms with Crippen LogP contribution in [0.15, 0.2) is 10.6 Å². The van der Waals surface area contributed by atoms with Gasteiger partial charge < -0.3 is 9.73 Å². The van der Waals surface area contributed by atoms with Crippen LogP contribution in [0.1, 0.15) is 76.1 Å². The Bertz CT molecular complexity index is 818. The van der Waals surface area contributed by atoms with Gasteiger partial charge in [0.15, 0.2) is 5.82 Å². The molecule has 0 aromatic carbocycles. The van der Waals surface area contributed by atoms with Gasteiger partial charge in [-0.2, -0.15) is 10.4 Å². The molecule has 1 aliphatic carbocycles. The van der Waals surface area contributed by atoms with Crippen molar-refractivity contribution >= 4 is 11.7 Å². The van der Waals surface area contributed by atoms with Crippen molar-refractivity contribution in [3.8, 4) is 6.07 Å². The van der Waals surface area contributed by atoms with Gasteiger partial charge in [0, 0.05) is 25.0 Å².